The first-order valence-electron chi connectivity index (χ1n) is 13.0. The van der Waals surface area contributed by atoms with Crippen molar-refractivity contribution in [2.75, 3.05) is 0 Å². The highest BCUT2D eigenvalue weighted by Crippen LogP contribution is 2.57. The second-order valence-corrected chi connectivity index (χ2v) is 9.82. The van der Waals surface area contributed by atoms with Crippen LogP contribution in [0.5, 0.6) is 0 Å². The summed E-state index contributed by atoms with van der Waals surface area (Å²) in [6.07, 6.45) is 0. The van der Waals surface area contributed by atoms with Crippen LogP contribution < -0.4 is 0 Å². The lowest BCUT2D eigenvalue weighted by Crippen LogP contribution is -1.97. The maximum absolute atomic E-state index is 9.92. The van der Waals surface area contributed by atoms with Gasteiger partial charge in [0.15, 0.2) is 0 Å². The molecule has 40 heavy (non-hydrogen) atoms. The molecule has 0 heterocycles. The molecule has 0 radical (unpaired) electrons. The first-order valence-corrected chi connectivity index (χ1v) is 13.0. The molecular weight excluding hydrogens is 486 g/mol. The lowest BCUT2D eigenvalue weighted by molar-refractivity contribution is 1.39. The van der Waals surface area contributed by atoms with Crippen LogP contribution in [-0.2, 0) is 0 Å². The largest absolute Gasteiger partial charge is 0.192 e. The average molecular weight is 506 g/mol. The van der Waals surface area contributed by atoms with E-state index in [4.69, 9.17) is 0 Å². The van der Waals surface area contributed by atoms with E-state index >= 15 is 0 Å². The predicted molar refractivity (Wildman–Crippen MR) is 159 cm³/mol. The Bertz CT molecular complexity index is 2080. The molecular formula is C37H19N3. The summed E-state index contributed by atoms with van der Waals surface area (Å²) in [5, 5.41) is 32.0. The lowest BCUT2D eigenvalue weighted by atomic mass is 9.81. The van der Waals surface area contributed by atoms with Crippen molar-refractivity contribution in [2.24, 2.45) is 0 Å². The minimum atomic E-state index is 0.108. The van der Waals surface area contributed by atoms with Gasteiger partial charge in [-0.3, -0.25) is 0 Å². The molecule has 0 fully saturated rings. The molecule has 1 aliphatic carbocycles. The molecule has 0 amide bonds. The predicted octanol–water partition coefficient (Wildman–Crippen LogP) is 9.10. The van der Waals surface area contributed by atoms with Crippen LogP contribution in [0.3, 0.4) is 0 Å². The molecule has 6 aromatic rings. The molecule has 0 saturated heterocycles. The second kappa shape index (κ2) is 9.11. The van der Waals surface area contributed by atoms with Gasteiger partial charge < -0.3 is 0 Å². The lowest BCUT2D eigenvalue weighted by Gasteiger charge is -2.21. The number of rotatable bonds is 3. The molecule has 0 aromatic heterocycles. The number of nitriles is 3. The Morgan fingerprint density at radius 2 is 0.950 bits per heavy atom. The third kappa shape index (κ3) is 3.35. The van der Waals surface area contributed by atoms with Gasteiger partial charge in [0.1, 0.15) is 18.2 Å². The van der Waals surface area contributed by atoms with E-state index in [2.05, 4.69) is 84.9 Å². The minimum absolute atomic E-state index is 0.108. The third-order valence-corrected chi connectivity index (χ3v) is 7.72. The molecule has 1 aliphatic rings. The zero-order valence-electron chi connectivity index (χ0n) is 21.3. The van der Waals surface area contributed by atoms with Crippen molar-refractivity contribution >= 4 is 10.8 Å². The van der Waals surface area contributed by atoms with Crippen molar-refractivity contribution in [3.8, 4) is 73.8 Å². The number of benzene rings is 6. The van der Waals surface area contributed by atoms with Crippen molar-refractivity contribution in [2.45, 2.75) is 0 Å². The van der Waals surface area contributed by atoms with Crippen molar-refractivity contribution in [1.82, 2.24) is 0 Å². The summed E-state index contributed by atoms with van der Waals surface area (Å²) < 4.78 is 0. The normalized spacial score (nSPS) is 10.9. The Balaban J connectivity index is 1.70. The fourth-order valence-electron chi connectivity index (χ4n) is 6.06. The van der Waals surface area contributed by atoms with Gasteiger partial charge in [-0.25, -0.2) is 0 Å². The molecule has 3 nitrogen and oxygen atoms in total. The quantitative estimate of drug-likeness (QED) is 0.240. The molecule has 3 heteroatoms. The van der Waals surface area contributed by atoms with Crippen LogP contribution in [-0.4, -0.2) is 0 Å². The topological polar surface area (TPSA) is 71.4 Å². The van der Waals surface area contributed by atoms with Crippen LogP contribution in [0.25, 0.3) is 66.4 Å². The van der Waals surface area contributed by atoms with Gasteiger partial charge in [0, 0.05) is 0 Å². The maximum atomic E-state index is 9.92. The van der Waals surface area contributed by atoms with Crippen molar-refractivity contribution < 1.29 is 0 Å². The van der Waals surface area contributed by atoms with Crippen molar-refractivity contribution in [3.05, 3.63) is 132 Å². The van der Waals surface area contributed by atoms with Crippen molar-refractivity contribution in [3.63, 3.8) is 0 Å². The van der Waals surface area contributed by atoms with Crippen LogP contribution in [0.15, 0.2) is 115 Å². The molecule has 0 bridgehead atoms. The smallest absolute Gasteiger partial charge is 0.102 e. The molecule has 0 spiro atoms. The fraction of sp³-hybridized carbons (Fsp3) is 0. The van der Waals surface area contributed by atoms with E-state index < -0.39 is 0 Å². The van der Waals surface area contributed by atoms with Gasteiger partial charge in [0.05, 0.1) is 16.7 Å². The summed E-state index contributed by atoms with van der Waals surface area (Å²) in [5.74, 6) is 0. The highest BCUT2D eigenvalue weighted by Gasteiger charge is 2.30. The molecule has 7 rings (SSSR count). The van der Waals surface area contributed by atoms with E-state index in [0.717, 1.165) is 44.5 Å². The Morgan fingerprint density at radius 3 is 1.52 bits per heavy atom. The van der Waals surface area contributed by atoms with Gasteiger partial charge in [0.25, 0.3) is 0 Å². The maximum Gasteiger partial charge on any atom is 0.102 e. The first kappa shape index (κ1) is 23.2. The van der Waals surface area contributed by atoms with Crippen LogP contribution in [0, 0.1) is 34.0 Å². The third-order valence-electron chi connectivity index (χ3n) is 7.72. The molecule has 0 unspecified atom stereocenters. The molecule has 0 N–H and O–H groups in total. The van der Waals surface area contributed by atoms with E-state index in [1.54, 1.807) is 12.1 Å². The number of nitrogens with zero attached hydrogens (tertiary/aromatic N) is 3. The summed E-state index contributed by atoms with van der Waals surface area (Å²) >= 11 is 0. The van der Waals surface area contributed by atoms with Crippen molar-refractivity contribution in [1.29, 1.82) is 15.8 Å². The monoisotopic (exact) mass is 505 g/mol. The molecule has 0 atom stereocenters. The molecule has 182 valence electrons. The minimum Gasteiger partial charge on any atom is -0.192 e. The Morgan fingerprint density at radius 1 is 0.400 bits per heavy atom. The van der Waals surface area contributed by atoms with Crippen LogP contribution in [0.1, 0.15) is 16.7 Å². The Kier molecular flexibility index (Phi) is 5.28. The van der Waals surface area contributed by atoms with Crippen LogP contribution in [0.4, 0.5) is 0 Å². The standard InChI is InChI=1S/C37H19N3/c38-20-27-17-26(18-28(21-39)33(27)22-40)32-19-31(23-9-3-1-4-10-23)36-29-15-7-13-24-14-8-16-30(34(24)29)37(36)35(32)25-11-5-2-6-12-25/h1-19H. The Labute approximate surface area is 232 Å². The van der Waals surface area contributed by atoms with E-state index in [0.29, 0.717) is 0 Å². The fourth-order valence-corrected chi connectivity index (χ4v) is 6.06. The first-order chi connectivity index (χ1) is 19.7. The van der Waals surface area contributed by atoms with Crippen LogP contribution >= 0.6 is 0 Å². The summed E-state index contributed by atoms with van der Waals surface area (Å²) in [6, 6.07) is 45.5. The zero-order valence-corrected chi connectivity index (χ0v) is 21.3. The van der Waals surface area contributed by atoms with Gasteiger partial charge in [-0.2, -0.15) is 15.8 Å². The average Bonchev–Trinajstić information content (AvgIpc) is 3.36. The summed E-state index contributed by atoms with van der Waals surface area (Å²) in [4.78, 5) is 0. The molecule has 0 saturated carbocycles. The van der Waals surface area contributed by atoms with E-state index in [1.807, 2.05) is 36.4 Å². The molecule has 6 aromatic carbocycles. The zero-order chi connectivity index (χ0) is 27.2. The van der Waals surface area contributed by atoms with Gasteiger partial charge in [-0.05, 0) is 84.6 Å². The van der Waals surface area contributed by atoms with E-state index in [9.17, 15) is 15.8 Å². The van der Waals surface area contributed by atoms with Gasteiger partial charge in [-0.1, -0.05) is 97.1 Å². The van der Waals surface area contributed by atoms with Gasteiger partial charge in [-0.15, -0.1) is 0 Å². The summed E-state index contributed by atoms with van der Waals surface area (Å²) in [5.41, 5.74) is 11.1. The van der Waals surface area contributed by atoms with Gasteiger partial charge >= 0.3 is 0 Å². The Hall–Kier alpha value is -5.95. The number of fused-ring (bicyclic) bond motifs is 3. The number of hydrogen-bond donors (Lipinski definition) is 0. The number of hydrogen-bond acceptors (Lipinski definition) is 3. The molecule has 0 aliphatic heterocycles. The van der Waals surface area contributed by atoms with Gasteiger partial charge in [0.2, 0.25) is 0 Å². The highest BCUT2D eigenvalue weighted by molar-refractivity contribution is 6.22. The second-order valence-electron chi connectivity index (χ2n) is 9.82. The summed E-state index contributed by atoms with van der Waals surface area (Å²) in [6.45, 7) is 0. The summed E-state index contributed by atoms with van der Waals surface area (Å²) in [7, 11) is 0. The van der Waals surface area contributed by atoms with E-state index in [1.165, 1.54) is 21.9 Å². The highest BCUT2D eigenvalue weighted by atomic mass is 14.3. The SMILES string of the molecule is N#Cc1cc(-c2cc(-c3ccccc3)c3c(c2-c2ccccc2)-c2cccc4cccc-3c24)cc(C#N)c1C#N. The van der Waals surface area contributed by atoms with Crippen LogP contribution in [0.2, 0.25) is 0 Å². The van der Waals surface area contributed by atoms with E-state index in [-0.39, 0.29) is 16.7 Å².